The number of aromatic nitrogens is 12. The minimum absolute atomic E-state index is 0.0288. The Morgan fingerprint density at radius 3 is 1.57 bits per heavy atom. The normalized spacial score (nSPS) is 22.4. The zero-order valence-electron chi connectivity index (χ0n) is 45.4. The van der Waals surface area contributed by atoms with E-state index in [-0.39, 0.29) is 65.6 Å². The summed E-state index contributed by atoms with van der Waals surface area (Å²) in [7, 11) is 0. The van der Waals surface area contributed by atoms with Crippen molar-refractivity contribution in [3.05, 3.63) is 125 Å². The monoisotopic (exact) mass is 1330 g/mol. The number of nitrogens with zero attached hydrogens (tertiary/aromatic N) is 13. The number of hydrogen-bond donors (Lipinski definition) is 10. The van der Waals surface area contributed by atoms with Crippen molar-refractivity contribution < 1.29 is 72.7 Å². The maximum Gasteiger partial charge on any atom is 0.471 e. The van der Waals surface area contributed by atoms with Crippen molar-refractivity contribution in [2.24, 2.45) is 0 Å². The van der Waals surface area contributed by atoms with Gasteiger partial charge in [-0.2, -0.15) is 13.2 Å². The number of carbonyl (C=O) groups is 1. The van der Waals surface area contributed by atoms with Gasteiger partial charge in [0, 0.05) is 40.5 Å². The van der Waals surface area contributed by atoms with Crippen LogP contribution >= 0.6 is 22.6 Å². The highest BCUT2D eigenvalue weighted by molar-refractivity contribution is 14.1. The fourth-order valence-corrected chi connectivity index (χ4v) is 10.2. The number of hydrogen-bond acceptors (Lipinski definition) is 25. The maximum atomic E-state index is 12.2. The van der Waals surface area contributed by atoms with E-state index in [9.17, 15) is 68.5 Å². The molecule has 3 aliphatic rings. The van der Waals surface area contributed by atoms with Crippen LogP contribution in [-0.4, -0.2) is 174 Å². The molecular formula is C51H53F3IN17O15. The fourth-order valence-electron chi connectivity index (χ4n) is 9.68. The first-order valence-electron chi connectivity index (χ1n) is 26.3. The minimum atomic E-state index is -5.03. The summed E-state index contributed by atoms with van der Waals surface area (Å²) in [5.41, 5.74) is 2.71. The van der Waals surface area contributed by atoms with Gasteiger partial charge in [-0.3, -0.25) is 43.5 Å². The predicted octanol–water partition coefficient (Wildman–Crippen LogP) is 2.49. The van der Waals surface area contributed by atoms with E-state index >= 15 is 0 Å². The Balaban J connectivity index is 0.000000166. The summed E-state index contributed by atoms with van der Waals surface area (Å²) in [6, 6.07) is 8.09. The number of H-pyrrole nitrogens is 1. The first kappa shape index (κ1) is 63.0. The van der Waals surface area contributed by atoms with Crippen LogP contribution < -0.4 is 21.5 Å². The van der Waals surface area contributed by atoms with Gasteiger partial charge in [-0.15, -0.1) is 0 Å². The summed E-state index contributed by atoms with van der Waals surface area (Å²) < 4.78 is 59.2. The number of anilines is 2. The molecule has 10 N–H and O–H groups in total. The summed E-state index contributed by atoms with van der Waals surface area (Å²) in [6.45, 7) is 2.00. The number of nitro benzene ring substituents is 2. The maximum absolute atomic E-state index is 12.2. The summed E-state index contributed by atoms with van der Waals surface area (Å²) in [6.07, 6.45) is -1.80. The average molecular weight is 1330 g/mol. The number of nitro groups is 2. The number of nitrogens with one attached hydrogen (secondary N) is 4. The molecule has 0 bridgehead atoms. The molecule has 0 saturated carbocycles. The van der Waals surface area contributed by atoms with E-state index in [1.54, 1.807) is 38.3 Å². The van der Waals surface area contributed by atoms with Gasteiger partial charge in [-0.05, 0) is 60.7 Å². The second-order valence-electron chi connectivity index (χ2n) is 19.7. The lowest BCUT2D eigenvalue weighted by molar-refractivity contribution is -0.385. The van der Waals surface area contributed by atoms with Gasteiger partial charge in [-0.25, -0.2) is 39.9 Å². The highest BCUT2D eigenvalue weighted by Crippen LogP contribution is 2.37. The molecule has 2 aromatic carbocycles. The fraction of sp³-hybridized carbons (Fsp3) is 0.412. The van der Waals surface area contributed by atoms with Crippen LogP contribution in [0.1, 0.15) is 80.6 Å². The van der Waals surface area contributed by atoms with E-state index < -0.39 is 95.9 Å². The molecule has 36 heteroatoms. The van der Waals surface area contributed by atoms with Gasteiger partial charge < -0.3 is 65.8 Å². The number of rotatable bonds is 15. The second-order valence-corrected chi connectivity index (χ2v) is 20.9. The summed E-state index contributed by atoms with van der Waals surface area (Å²) in [5.74, 6) is 3.39. The van der Waals surface area contributed by atoms with Crippen molar-refractivity contribution in [2.75, 3.05) is 37.0 Å². The summed E-state index contributed by atoms with van der Waals surface area (Å²) >= 11 is 2.04. The number of alkyl halides is 3. The molecule has 8 aromatic rings. The molecule has 3 fully saturated rings. The Morgan fingerprint density at radius 1 is 0.701 bits per heavy atom. The molecule has 9 heterocycles. The molecule has 32 nitrogen and oxygen atoms in total. The largest absolute Gasteiger partial charge is 0.471 e. The third kappa shape index (κ3) is 14.0. The van der Waals surface area contributed by atoms with E-state index in [1.807, 2.05) is 35.6 Å². The summed E-state index contributed by atoms with van der Waals surface area (Å²) in [5, 5.41) is 88.5. The predicted molar refractivity (Wildman–Crippen MR) is 303 cm³/mol. The molecule has 460 valence electrons. The molecule has 6 aromatic heterocycles. The Labute approximate surface area is 500 Å². The van der Waals surface area contributed by atoms with Crippen molar-refractivity contribution >= 4 is 85.0 Å². The van der Waals surface area contributed by atoms with E-state index in [4.69, 9.17) is 19.3 Å². The van der Waals surface area contributed by atoms with E-state index in [0.717, 1.165) is 3.57 Å². The molecule has 1 amide bonds. The lowest BCUT2D eigenvalue weighted by Gasteiger charge is -2.16. The zero-order valence-corrected chi connectivity index (χ0v) is 47.6. The van der Waals surface area contributed by atoms with Crippen LogP contribution in [0.3, 0.4) is 0 Å². The average Bonchev–Trinajstić information content (AvgIpc) is 1.93. The number of ether oxygens (including phenoxy) is 3. The molecule has 11 rings (SSSR count). The van der Waals surface area contributed by atoms with Gasteiger partial charge in [0.2, 0.25) is 0 Å². The van der Waals surface area contributed by atoms with Gasteiger partial charge in [-0.1, -0.05) is 11.8 Å². The Bertz CT molecular complexity index is 3940. The van der Waals surface area contributed by atoms with E-state index in [1.165, 1.54) is 55.9 Å². The lowest BCUT2D eigenvalue weighted by Crippen LogP contribution is -2.36. The highest BCUT2D eigenvalue weighted by Gasteiger charge is 2.40. The van der Waals surface area contributed by atoms with Crippen LogP contribution in [0.2, 0.25) is 0 Å². The van der Waals surface area contributed by atoms with Gasteiger partial charge >= 0.3 is 12.1 Å². The number of benzene rings is 2. The molecule has 0 aliphatic carbocycles. The van der Waals surface area contributed by atoms with E-state index in [0.29, 0.717) is 52.2 Å². The Kier molecular flexibility index (Phi) is 19.6. The molecule has 0 spiro atoms. The number of imidazole rings is 3. The quantitative estimate of drug-likeness (QED) is 0.0305. The van der Waals surface area contributed by atoms with E-state index in [2.05, 4.69) is 67.3 Å². The minimum Gasteiger partial charge on any atom is -0.394 e. The van der Waals surface area contributed by atoms with Crippen molar-refractivity contribution in [3.63, 3.8) is 0 Å². The van der Waals surface area contributed by atoms with Crippen molar-refractivity contribution in [1.82, 2.24) is 63.9 Å². The zero-order chi connectivity index (χ0) is 62.4. The Hall–Kier alpha value is -8.52. The molecule has 87 heavy (non-hydrogen) atoms. The molecular weight excluding hydrogens is 1270 g/mol. The number of aromatic amines is 1. The van der Waals surface area contributed by atoms with Crippen LogP contribution in [0.25, 0.3) is 33.5 Å². The molecule has 3 aliphatic heterocycles. The highest BCUT2D eigenvalue weighted by atomic mass is 127. The molecule has 11 atom stereocenters. The first-order chi connectivity index (χ1) is 41.6. The number of aliphatic hydroxyl groups is 6. The first-order valence-corrected chi connectivity index (χ1v) is 27.3. The SMILES string of the molecule is CC(Nc1ncnc2c1ncn2[C@H]1C[C@@H](O)[C@@H](CO)O1)c1ccc(C#CCNC(=O)C(F)(F)F)cc1[N+](=O)[O-].CC(Nc1ncnc2c1ncn2[C@H]1C[C@@H](O)[C@@H](CO)O1)c1ccc(I)cc1[N+](=O)[O-].O=c1[nH]cnc2c1ncn2[C@H]1C[C@@H](O)[C@@H](CO)O1. The number of aliphatic hydroxyl groups excluding tert-OH is 6. The number of halogens is 4. The molecule has 0 radical (unpaired) electrons. The number of carbonyl (C=O) groups excluding carboxylic acids is 1. The van der Waals surface area contributed by atoms with Gasteiger partial charge in [0.05, 0.1) is 103 Å². The summed E-state index contributed by atoms with van der Waals surface area (Å²) in [4.78, 5) is 80.6. The Morgan fingerprint density at radius 2 is 1.14 bits per heavy atom. The third-order valence-electron chi connectivity index (χ3n) is 14.0. The number of amides is 1. The smallest absolute Gasteiger partial charge is 0.394 e. The lowest BCUT2D eigenvalue weighted by atomic mass is 10.0. The number of fused-ring (bicyclic) bond motifs is 3. The third-order valence-corrected chi connectivity index (χ3v) is 14.7. The van der Waals surface area contributed by atoms with Crippen LogP contribution in [0.15, 0.2) is 79.2 Å². The van der Waals surface area contributed by atoms with Crippen LogP contribution in [-0.2, 0) is 19.0 Å². The molecule has 3 saturated heterocycles. The van der Waals surface area contributed by atoms with Crippen molar-refractivity contribution in [3.8, 4) is 11.8 Å². The van der Waals surface area contributed by atoms with Crippen LogP contribution in [0, 0.1) is 35.6 Å². The van der Waals surface area contributed by atoms with Gasteiger partial charge in [0.15, 0.2) is 45.1 Å². The standard InChI is InChI=1S/C23H22F3N7O6.C18H19IN6O5.C10H12N4O4/c1-12(14-5-4-13(7-15(14)33(37)38)3-2-6-27-22(36)23(24,25)26)31-20-19-21(29-10-28-20)32(11-30-19)18-8-16(35)17(9-34)39-18;1-9(11-3-2-10(19)4-12(11)25(28)29)23-17-16-18(21-7-20-17)24(8-22-16)15-5-13(27)14(6-26)30-15;15-2-6-5(16)1-7(18-6)14-4-13-8-9(14)11-3-12-10(8)17/h4-5,7,10-12,16-18,34-35H,6,8-9H2,1H3,(H,27,36)(H,28,29,31);2-4,7-9,13-15,26-27H,5-6H2,1H3,(H,20,21,23);3-7,15-16H,1-2H2,(H,11,12,17)/t12?,16-,17-,18-;9?,13-,14-,15-;5-,6-,7-/m111/s1. The second kappa shape index (κ2) is 27.0. The topological polar surface area (TPSA) is 439 Å². The van der Waals surface area contributed by atoms with Gasteiger partial charge in [0.25, 0.3) is 16.9 Å². The van der Waals surface area contributed by atoms with Crippen molar-refractivity contribution in [2.45, 2.75) is 107 Å². The van der Waals surface area contributed by atoms with Gasteiger partial charge in [0.1, 0.15) is 49.7 Å². The molecule has 2 unspecified atom stereocenters. The van der Waals surface area contributed by atoms with Crippen LogP contribution in [0.4, 0.5) is 36.2 Å². The van der Waals surface area contributed by atoms with Crippen LogP contribution in [0.5, 0.6) is 0 Å². The van der Waals surface area contributed by atoms with Crippen molar-refractivity contribution in [1.29, 1.82) is 0 Å².